The molecule has 0 fully saturated rings. The van der Waals surface area contributed by atoms with Gasteiger partial charge in [0, 0.05) is 35.2 Å². The number of rotatable bonds is 6. The number of nitrogens with one attached hydrogen (secondary N) is 2. The molecule has 0 amide bonds. The Kier molecular flexibility index (Phi) is 6.05. The van der Waals surface area contributed by atoms with Gasteiger partial charge in [0.1, 0.15) is 11.6 Å². The summed E-state index contributed by atoms with van der Waals surface area (Å²) in [6.45, 7) is -1.24. The van der Waals surface area contributed by atoms with Gasteiger partial charge < -0.3 is 14.8 Å². The first-order valence-electron chi connectivity index (χ1n) is 9.84. The number of aliphatic imine (C=N–C) groups is 1. The summed E-state index contributed by atoms with van der Waals surface area (Å²) >= 11 is 0. The molecule has 0 saturated carbocycles. The predicted molar refractivity (Wildman–Crippen MR) is 117 cm³/mol. The van der Waals surface area contributed by atoms with Crippen LogP contribution >= 0.6 is 0 Å². The number of ether oxygens (including phenoxy) is 2. The molecule has 3 aromatic rings. The summed E-state index contributed by atoms with van der Waals surface area (Å²) in [6.07, 6.45) is -2.52. The number of hydrogen-bond acceptors (Lipinski definition) is 7. The van der Waals surface area contributed by atoms with Crippen molar-refractivity contribution in [1.29, 1.82) is 0 Å². The highest BCUT2D eigenvalue weighted by atomic mass is 19.4. The van der Waals surface area contributed by atoms with Crippen LogP contribution in [0.15, 0.2) is 58.4 Å². The SMILES string of the molecule is COc1ccc(-n2c3c(cc(-c4ccc(OC)nc4)c2=O)C=NC(NCC(F)(F)F)N3)cc1. The first kappa shape index (κ1) is 22.3. The van der Waals surface area contributed by atoms with E-state index in [2.05, 4.69) is 20.6 Å². The number of fused-ring (bicyclic) bond motifs is 1. The number of alkyl halides is 3. The number of methoxy groups -OCH3 is 2. The number of hydrogen-bond donors (Lipinski definition) is 2. The molecule has 0 radical (unpaired) electrons. The van der Waals surface area contributed by atoms with Crippen LogP contribution in [0.25, 0.3) is 16.8 Å². The number of pyridine rings is 2. The summed E-state index contributed by atoms with van der Waals surface area (Å²) in [7, 11) is 3.01. The molecular formula is C22H20F3N5O3. The van der Waals surface area contributed by atoms with Crippen molar-refractivity contribution in [3.63, 3.8) is 0 Å². The van der Waals surface area contributed by atoms with E-state index in [-0.39, 0.29) is 5.56 Å². The first-order valence-corrected chi connectivity index (χ1v) is 9.84. The largest absolute Gasteiger partial charge is 0.497 e. The van der Waals surface area contributed by atoms with Crippen LogP contribution in [0.1, 0.15) is 5.56 Å². The van der Waals surface area contributed by atoms with Crippen molar-refractivity contribution in [1.82, 2.24) is 14.9 Å². The van der Waals surface area contributed by atoms with E-state index >= 15 is 0 Å². The lowest BCUT2D eigenvalue weighted by Gasteiger charge is -2.26. The van der Waals surface area contributed by atoms with E-state index in [1.165, 1.54) is 31.2 Å². The summed E-state index contributed by atoms with van der Waals surface area (Å²) in [4.78, 5) is 21.8. The van der Waals surface area contributed by atoms with E-state index in [0.717, 1.165) is 0 Å². The van der Waals surface area contributed by atoms with E-state index < -0.39 is 19.0 Å². The predicted octanol–water partition coefficient (Wildman–Crippen LogP) is 3.20. The van der Waals surface area contributed by atoms with Gasteiger partial charge in [-0.2, -0.15) is 13.2 Å². The number of aromatic nitrogens is 2. The lowest BCUT2D eigenvalue weighted by molar-refractivity contribution is -0.125. The van der Waals surface area contributed by atoms with Gasteiger partial charge in [-0.3, -0.25) is 19.7 Å². The van der Waals surface area contributed by atoms with Gasteiger partial charge in [-0.15, -0.1) is 0 Å². The number of anilines is 1. The van der Waals surface area contributed by atoms with Crippen LogP contribution in [0.5, 0.6) is 11.6 Å². The van der Waals surface area contributed by atoms with Crippen molar-refractivity contribution in [2.45, 2.75) is 12.5 Å². The Labute approximate surface area is 186 Å². The Bertz CT molecular complexity index is 1220. The minimum atomic E-state index is -4.40. The molecule has 1 aromatic carbocycles. The topological polar surface area (TPSA) is 89.8 Å². The summed E-state index contributed by atoms with van der Waals surface area (Å²) in [6, 6.07) is 11.7. The highest BCUT2D eigenvalue weighted by Crippen LogP contribution is 2.27. The van der Waals surface area contributed by atoms with Gasteiger partial charge in [0.25, 0.3) is 5.56 Å². The molecule has 0 saturated heterocycles. The van der Waals surface area contributed by atoms with E-state index in [1.807, 2.05) is 0 Å². The van der Waals surface area contributed by atoms with Crippen LogP contribution < -0.4 is 25.7 Å². The average Bonchev–Trinajstić information content (AvgIpc) is 2.82. The second-order valence-electron chi connectivity index (χ2n) is 7.11. The van der Waals surface area contributed by atoms with E-state index in [4.69, 9.17) is 9.47 Å². The van der Waals surface area contributed by atoms with Crippen LogP contribution in [0.2, 0.25) is 0 Å². The zero-order chi connectivity index (χ0) is 23.6. The molecule has 1 aliphatic heterocycles. The van der Waals surface area contributed by atoms with Crippen molar-refractivity contribution < 1.29 is 22.6 Å². The quantitative estimate of drug-likeness (QED) is 0.589. The Hall–Kier alpha value is -3.86. The van der Waals surface area contributed by atoms with Gasteiger partial charge in [-0.25, -0.2) is 4.98 Å². The average molecular weight is 459 g/mol. The molecular weight excluding hydrogens is 439 g/mol. The summed E-state index contributed by atoms with van der Waals surface area (Å²) in [5, 5.41) is 5.17. The lowest BCUT2D eigenvalue weighted by atomic mass is 10.1. The fraction of sp³-hybridized carbons (Fsp3) is 0.227. The van der Waals surface area contributed by atoms with Gasteiger partial charge in [0.15, 0.2) is 6.29 Å². The molecule has 1 unspecified atom stereocenters. The smallest absolute Gasteiger partial charge is 0.401 e. The molecule has 172 valence electrons. The number of nitrogens with zero attached hydrogens (tertiary/aromatic N) is 3. The zero-order valence-corrected chi connectivity index (χ0v) is 17.7. The van der Waals surface area contributed by atoms with Crippen molar-refractivity contribution in [3.05, 3.63) is 64.6 Å². The molecule has 4 rings (SSSR count). The van der Waals surface area contributed by atoms with Crippen LogP contribution in [0.3, 0.4) is 0 Å². The third kappa shape index (κ3) is 4.82. The first-order chi connectivity index (χ1) is 15.8. The molecule has 1 aliphatic rings. The molecule has 33 heavy (non-hydrogen) atoms. The molecule has 1 atom stereocenters. The van der Waals surface area contributed by atoms with Crippen LogP contribution in [-0.2, 0) is 0 Å². The minimum Gasteiger partial charge on any atom is -0.497 e. The van der Waals surface area contributed by atoms with Crippen LogP contribution in [0, 0.1) is 0 Å². The third-order valence-electron chi connectivity index (χ3n) is 4.95. The monoisotopic (exact) mass is 459 g/mol. The zero-order valence-electron chi connectivity index (χ0n) is 17.7. The third-order valence-corrected chi connectivity index (χ3v) is 4.95. The fourth-order valence-electron chi connectivity index (χ4n) is 3.37. The number of halogens is 3. The molecule has 0 bridgehead atoms. The Morgan fingerprint density at radius 2 is 1.88 bits per heavy atom. The van der Waals surface area contributed by atoms with Crippen LogP contribution in [0.4, 0.5) is 19.0 Å². The Balaban J connectivity index is 1.83. The normalized spacial score (nSPS) is 15.0. The van der Waals surface area contributed by atoms with Gasteiger partial charge in [0.05, 0.1) is 26.5 Å². The van der Waals surface area contributed by atoms with Crippen molar-refractivity contribution in [2.24, 2.45) is 4.99 Å². The summed E-state index contributed by atoms with van der Waals surface area (Å²) < 4.78 is 49.6. The van der Waals surface area contributed by atoms with Crippen molar-refractivity contribution in [3.8, 4) is 28.4 Å². The Morgan fingerprint density at radius 1 is 1.12 bits per heavy atom. The number of benzene rings is 1. The minimum absolute atomic E-state index is 0.310. The Morgan fingerprint density at radius 3 is 2.48 bits per heavy atom. The summed E-state index contributed by atoms with van der Waals surface area (Å²) in [5.41, 5.74) is 1.54. The van der Waals surface area contributed by atoms with Gasteiger partial charge in [-0.1, -0.05) is 0 Å². The van der Waals surface area contributed by atoms with E-state index in [1.54, 1.807) is 42.5 Å². The molecule has 2 N–H and O–H groups in total. The molecule has 2 aromatic heterocycles. The molecule has 8 nitrogen and oxygen atoms in total. The standard InChI is InChI=1S/C22H20F3N5O3/c1-32-16-6-4-15(5-7-16)30-19-14(11-27-21(29-19)28-12-22(23,24)25)9-17(20(30)31)13-3-8-18(33-2)26-10-13/h3-11,21,28-29H,12H2,1-2H3. The lowest BCUT2D eigenvalue weighted by Crippen LogP contribution is -2.43. The van der Waals surface area contributed by atoms with Gasteiger partial charge in [-0.05, 0) is 36.4 Å². The maximum absolute atomic E-state index is 13.6. The van der Waals surface area contributed by atoms with Crippen molar-refractivity contribution in [2.75, 3.05) is 26.1 Å². The van der Waals surface area contributed by atoms with E-state index in [9.17, 15) is 18.0 Å². The second-order valence-corrected chi connectivity index (χ2v) is 7.11. The molecule has 11 heteroatoms. The summed E-state index contributed by atoms with van der Waals surface area (Å²) in [5.74, 6) is 1.30. The van der Waals surface area contributed by atoms with Crippen LogP contribution in [-0.4, -0.2) is 49.0 Å². The van der Waals surface area contributed by atoms with E-state index in [0.29, 0.717) is 39.8 Å². The highest BCUT2D eigenvalue weighted by molar-refractivity contribution is 5.91. The van der Waals surface area contributed by atoms with Crippen molar-refractivity contribution >= 4 is 12.0 Å². The van der Waals surface area contributed by atoms with Gasteiger partial charge in [0.2, 0.25) is 5.88 Å². The highest BCUT2D eigenvalue weighted by Gasteiger charge is 2.29. The van der Waals surface area contributed by atoms with Gasteiger partial charge >= 0.3 is 6.18 Å². The molecule has 0 spiro atoms. The second kappa shape index (κ2) is 8.94. The molecule has 3 heterocycles. The maximum atomic E-state index is 13.6. The fourth-order valence-corrected chi connectivity index (χ4v) is 3.37. The molecule has 0 aliphatic carbocycles. The maximum Gasteiger partial charge on any atom is 0.401 e.